The molecule has 0 saturated heterocycles. The molecule has 2 heterocycles. The highest BCUT2D eigenvalue weighted by Crippen LogP contribution is 2.16. The molecule has 0 atom stereocenters. The number of rotatable bonds is 3. The van der Waals surface area contributed by atoms with Gasteiger partial charge in [-0.05, 0) is 0 Å². The molecule has 0 amide bonds. The van der Waals surface area contributed by atoms with Gasteiger partial charge in [0.15, 0.2) is 0 Å². The van der Waals surface area contributed by atoms with E-state index in [9.17, 15) is 4.79 Å². The Morgan fingerprint density at radius 1 is 1.62 bits per heavy atom. The fourth-order valence-electron chi connectivity index (χ4n) is 1.12. The van der Waals surface area contributed by atoms with Crippen LogP contribution in [0.4, 0.5) is 5.00 Å². The largest absolute Gasteiger partial charge is 0.347 e. The van der Waals surface area contributed by atoms with Crippen molar-refractivity contribution in [1.29, 1.82) is 0 Å². The first-order chi connectivity index (χ1) is 7.70. The molecule has 84 valence electrons. The second-order valence-electron chi connectivity index (χ2n) is 2.88. The first-order valence-electron chi connectivity index (χ1n) is 4.20. The van der Waals surface area contributed by atoms with Crippen LogP contribution in [0.5, 0.6) is 0 Å². The quantitative estimate of drug-likeness (QED) is 0.598. The number of aromatic nitrogens is 4. The molecule has 0 aliphatic rings. The predicted molar refractivity (Wildman–Crippen MR) is 60.3 cm³/mol. The van der Waals surface area contributed by atoms with Crippen molar-refractivity contribution in [2.45, 2.75) is 6.54 Å². The molecule has 0 aliphatic heterocycles. The van der Waals surface area contributed by atoms with Crippen LogP contribution in [0.15, 0.2) is 17.2 Å². The standard InChI is InChI=1S/C7H7ClN6OS/c8-4-1-10-7(15)14(2-4)3-5-6(11-9)16-13-12-5/h1-2,11H,3,9H2. The molecule has 9 heteroatoms. The van der Waals surface area contributed by atoms with Crippen molar-refractivity contribution in [3.8, 4) is 0 Å². The van der Waals surface area contributed by atoms with E-state index < -0.39 is 5.69 Å². The summed E-state index contributed by atoms with van der Waals surface area (Å²) >= 11 is 6.85. The van der Waals surface area contributed by atoms with Gasteiger partial charge in [0.25, 0.3) is 0 Å². The minimum absolute atomic E-state index is 0.225. The van der Waals surface area contributed by atoms with E-state index in [0.717, 1.165) is 11.5 Å². The zero-order chi connectivity index (χ0) is 11.5. The molecule has 0 fully saturated rings. The van der Waals surface area contributed by atoms with Crippen LogP contribution in [-0.4, -0.2) is 19.1 Å². The third-order valence-electron chi connectivity index (χ3n) is 1.83. The summed E-state index contributed by atoms with van der Waals surface area (Å²) in [7, 11) is 0. The van der Waals surface area contributed by atoms with Crippen molar-refractivity contribution < 1.29 is 0 Å². The summed E-state index contributed by atoms with van der Waals surface area (Å²) in [6.07, 6.45) is 2.78. The van der Waals surface area contributed by atoms with E-state index in [1.165, 1.54) is 17.0 Å². The average Bonchev–Trinajstić information content (AvgIpc) is 2.71. The maximum Gasteiger partial charge on any atom is 0.347 e. The summed E-state index contributed by atoms with van der Waals surface area (Å²) in [5, 5.41) is 4.83. The fourth-order valence-corrected chi connectivity index (χ4v) is 1.78. The van der Waals surface area contributed by atoms with E-state index in [0.29, 0.717) is 15.7 Å². The van der Waals surface area contributed by atoms with Crippen LogP contribution in [0, 0.1) is 0 Å². The number of halogens is 1. The Balaban J connectivity index is 2.33. The highest BCUT2D eigenvalue weighted by molar-refractivity contribution is 7.10. The average molecular weight is 259 g/mol. The highest BCUT2D eigenvalue weighted by atomic mass is 35.5. The second-order valence-corrected chi connectivity index (χ2v) is 4.07. The van der Waals surface area contributed by atoms with Crippen LogP contribution < -0.4 is 17.0 Å². The van der Waals surface area contributed by atoms with E-state index in [-0.39, 0.29) is 6.54 Å². The summed E-state index contributed by atoms with van der Waals surface area (Å²) in [5.74, 6) is 5.27. The highest BCUT2D eigenvalue weighted by Gasteiger charge is 2.08. The van der Waals surface area contributed by atoms with Gasteiger partial charge in [-0.1, -0.05) is 16.1 Å². The van der Waals surface area contributed by atoms with E-state index >= 15 is 0 Å². The maximum absolute atomic E-state index is 11.4. The monoisotopic (exact) mass is 258 g/mol. The number of nitrogen functional groups attached to an aromatic ring is 1. The second kappa shape index (κ2) is 4.56. The van der Waals surface area contributed by atoms with Crippen LogP contribution in [0.2, 0.25) is 5.02 Å². The van der Waals surface area contributed by atoms with Crippen molar-refractivity contribution >= 4 is 28.1 Å². The van der Waals surface area contributed by atoms with E-state index in [1.54, 1.807) is 0 Å². The number of nitrogens with one attached hydrogen (secondary N) is 1. The number of hydrazine groups is 1. The number of nitrogens with zero attached hydrogens (tertiary/aromatic N) is 4. The molecule has 0 radical (unpaired) electrons. The lowest BCUT2D eigenvalue weighted by molar-refractivity contribution is 0.709. The summed E-state index contributed by atoms with van der Waals surface area (Å²) < 4.78 is 5.05. The first kappa shape index (κ1) is 11.0. The van der Waals surface area contributed by atoms with Gasteiger partial charge < -0.3 is 5.43 Å². The van der Waals surface area contributed by atoms with Crippen molar-refractivity contribution in [2.75, 3.05) is 5.43 Å². The van der Waals surface area contributed by atoms with Crippen molar-refractivity contribution in [2.24, 2.45) is 5.84 Å². The van der Waals surface area contributed by atoms with Gasteiger partial charge in [0.2, 0.25) is 0 Å². The molecule has 0 spiro atoms. The van der Waals surface area contributed by atoms with Gasteiger partial charge in [0.05, 0.1) is 17.8 Å². The maximum atomic E-state index is 11.4. The normalized spacial score (nSPS) is 10.4. The third-order valence-corrected chi connectivity index (χ3v) is 2.72. The van der Waals surface area contributed by atoms with Crippen LogP contribution in [0.1, 0.15) is 5.69 Å². The molecule has 2 aromatic rings. The lowest BCUT2D eigenvalue weighted by Crippen LogP contribution is -2.23. The topological polar surface area (TPSA) is 98.7 Å². The van der Waals surface area contributed by atoms with E-state index in [1.807, 2.05) is 0 Å². The van der Waals surface area contributed by atoms with Crippen LogP contribution >= 0.6 is 23.1 Å². The van der Waals surface area contributed by atoms with E-state index in [4.69, 9.17) is 17.4 Å². The minimum atomic E-state index is -0.402. The number of anilines is 1. The molecule has 0 saturated carbocycles. The van der Waals surface area contributed by atoms with Crippen molar-refractivity contribution in [3.05, 3.63) is 33.6 Å². The zero-order valence-corrected chi connectivity index (χ0v) is 9.49. The summed E-state index contributed by atoms with van der Waals surface area (Å²) in [6, 6.07) is 0. The van der Waals surface area contributed by atoms with Gasteiger partial charge in [-0.25, -0.2) is 15.6 Å². The van der Waals surface area contributed by atoms with Crippen molar-refractivity contribution in [1.82, 2.24) is 19.1 Å². The summed E-state index contributed by atoms with van der Waals surface area (Å²) in [6.45, 7) is 0.225. The van der Waals surface area contributed by atoms with Gasteiger partial charge in [0, 0.05) is 17.7 Å². The van der Waals surface area contributed by atoms with Gasteiger partial charge in [-0.15, -0.1) is 5.10 Å². The Morgan fingerprint density at radius 2 is 2.44 bits per heavy atom. The summed E-state index contributed by atoms with van der Waals surface area (Å²) in [5.41, 5.74) is 2.62. The van der Waals surface area contributed by atoms with Crippen LogP contribution in [0.25, 0.3) is 0 Å². The molecule has 7 nitrogen and oxygen atoms in total. The predicted octanol–water partition coefficient (Wildman–Crippen LogP) is 0.0821. The Kier molecular flexibility index (Phi) is 3.13. The molecule has 2 aromatic heterocycles. The Hall–Kier alpha value is -1.51. The fraction of sp³-hybridized carbons (Fsp3) is 0.143. The van der Waals surface area contributed by atoms with Gasteiger partial charge in [0.1, 0.15) is 10.7 Å². The SMILES string of the molecule is NNc1snnc1Cn1cc(Cl)cnc1=O. The number of hydrogen-bond acceptors (Lipinski definition) is 7. The lowest BCUT2D eigenvalue weighted by Gasteiger charge is -2.03. The smallest absolute Gasteiger partial charge is 0.313 e. The molecular formula is C7H7ClN6OS. The Morgan fingerprint density at radius 3 is 3.19 bits per heavy atom. The van der Waals surface area contributed by atoms with Gasteiger partial charge >= 0.3 is 5.69 Å². The Bertz CT molecular complexity index is 552. The molecule has 2 rings (SSSR count). The molecule has 0 aliphatic carbocycles. The summed E-state index contributed by atoms with van der Waals surface area (Å²) in [4.78, 5) is 15.0. The third kappa shape index (κ3) is 2.18. The van der Waals surface area contributed by atoms with Crippen LogP contribution in [0.3, 0.4) is 0 Å². The molecule has 0 aromatic carbocycles. The zero-order valence-electron chi connectivity index (χ0n) is 7.92. The minimum Gasteiger partial charge on any atom is -0.313 e. The van der Waals surface area contributed by atoms with E-state index in [2.05, 4.69) is 20.0 Å². The Labute approximate surface area is 99.0 Å². The molecule has 0 bridgehead atoms. The molecule has 3 N–H and O–H groups in total. The van der Waals surface area contributed by atoms with Crippen LogP contribution in [-0.2, 0) is 6.54 Å². The number of nitrogens with two attached hydrogens (primary N) is 1. The lowest BCUT2D eigenvalue weighted by atomic mass is 10.4. The van der Waals surface area contributed by atoms with Gasteiger partial charge in [-0.2, -0.15) is 0 Å². The first-order valence-corrected chi connectivity index (χ1v) is 5.35. The van der Waals surface area contributed by atoms with Crippen molar-refractivity contribution in [3.63, 3.8) is 0 Å². The molecular weight excluding hydrogens is 252 g/mol. The molecule has 16 heavy (non-hydrogen) atoms. The van der Waals surface area contributed by atoms with Gasteiger partial charge in [-0.3, -0.25) is 4.57 Å². The number of hydrogen-bond donors (Lipinski definition) is 2. The molecule has 0 unspecified atom stereocenters.